The van der Waals surface area contributed by atoms with Gasteiger partial charge < -0.3 is 9.53 Å². The van der Waals surface area contributed by atoms with Gasteiger partial charge in [0.15, 0.2) is 0 Å². The Hall–Kier alpha value is -0.860. The number of carbonyl (C=O) groups excluding carboxylic acids is 2. The summed E-state index contributed by atoms with van der Waals surface area (Å²) < 4.78 is 4.66. The van der Waals surface area contributed by atoms with Crippen molar-refractivity contribution in [3.05, 3.63) is 0 Å². The van der Waals surface area contributed by atoms with E-state index in [1.807, 2.05) is 0 Å². The number of carbonyl (C=O) groups is 2. The summed E-state index contributed by atoms with van der Waals surface area (Å²) in [5, 5.41) is 0. The average molecular weight is 144 g/mol. The van der Waals surface area contributed by atoms with Gasteiger partial charge in [-0.3, -0.25) is 4.79 Å². The van der Waals surface area contributed by atoms with Crippen LogP contribution in [0, 0.1) is 5.92 Å². The first-order valence-electron chi connectivity index (χ1n) is 3.32. The molecule has 0 aromatic rings. The third kappa shape index (κ3) is 3.22. The molecule has 0 aliphatic heterocycles. The van der Waals surface area contributed by atoms with Gasteiger partial charge >= 0.3 is 5.97 Å². The van der Waals surface area contributed by atoms with E-state index in [9.17, 15) is 9.59 Å². The van der Waals surface area contributed by atoms with Crippen molar-refractivity contribution in [1.29, 1.82) is 0 Å². The second-order valence-corrected chi connectivity index (χ2v) is 2.06. The van der Waals surface area contributed by atoms with E-state index in [2.05, 4.69) is 4.74 Å². The Bertz CT molecular complexity index is 120. The molecule has 0 bridgehead atoms. The fraction of sp³-hybridized carbons (Fsp3) is 0.714. The average Bonchev–Trinajstić information content (AvgIpc) is 1.89. The Balaban J connectivity index is 3.58. The summed E-state index contributed by atoms with van der Waals surface area (Å²) in [6.07, 6.45) is 0.973. The number of ether oxygens (including phenoxy) is 1. The number of hydrogen-bond donors (Lipinski definition) is 0. The Morgan fingerprint density at radius 3 is 2.70 bits per heavy atom. The number of aldehydes is 1. The zero-order valence-electron chi connectivity index (χ0n) is 6.29. The lowest BCUT2D eigenvalue weighted by molar-refractivity contribution is -0.148. The summed E-state index contributed by atoms with van der Waals surface area (Å²) in [7, 11) is 0. The summed E-state index contributed by atoms with van der Waals surface area (Å²) in [6.45, 7) is 3.79. The van der Waals surface area contributed by atoms with Crippen LogP contribution >= 0.6 is 0 Å². The fourth-order valence-corrected chi connectivity index (χ4v) is 0.525. The molecule has 0 saturated carbocycles. The van der Waals surface area contributed by atoms with Gasteiger partial charge in [0, 0.05) is 6.42 Å². The molecule has 0 aromatic carbocycles. The largest absolute Gasteiger partial charge is 0.466 e. The number of hydrogen-bond acceptors (Lipinski definition) is 3. The maximum Gasteiger partial charge on any atom is 0.309 e. The molecule has 3 heteroatoms. The molecule has 1 atom stereocenters. The molecule has 0 aromatic heterocycles. The molecule has 10 heavy (non-hydrogen) atoms. The molecule has 0 aliphatic carbocycles. The zero-order valence-corrected chi connectivity index (χ0v) is 6.29. The number of rotatable bonds is 4. The first kappa shape index (κ1) is 9.14. The lowest BCUT2D eigenvalue weighted by Crippen LogP contribution is -2.14. The molecule has 3 nitrogen and oxygen atoms in total. The molecule has 0 amide bonds. The second-order valence-electron chi connectivity index (χ2n) is 2.06. The molecular formula is C7H12O3. The number of esters is 1. The van der Waals surface area contributed by atoms with Crippen molar-refractivity contribution in [3.63, 3.8) is 0 Å². The molecule has 1 unspecified atom stereocenters. The smallest absolute Gasteiger partial charge is 0.309 e. The van der Waals surface area contributed by atoms with E-state index in [4.69, 9.17) is 0 Å². The van der Waals surface area contributed by atoms with Crippen LogP contribution in [0.25, 0.3) is 0 Å². The highest BCUT2D eigenvalue weighted by atomic mass is 16.5. The highest BCUT2D eigenvalue weighted by Crippen LogP contribution is 2.01. The maximum absolute atomic E-state index is 10.8. The molecule has 0 fully saturated rings. The summed E-state index contributed by atoms with van der Waals surface area (Å²) in [5.74, 6) is -0.591. The van der Waals surface area contributed by atoms with E-state index >= 15 is 0 Å². The highest BCUT2D eigenvalue weighted by Gasteiger charge is 2.11. The summed E-state index contributed by atoms with van der Waals surface area (Å²) >= 11 is 0. The Labute approximate surface area is 60.4 Å². The molecule has 0 rings (SSSR count). The molecule has 0 heterocycles. The summed E-state index contributed by atoms with van der Waals surface area (Å²) in [5.41, 5.74) is 0. The molecule has 58 valence electrons. The van der Waals surface area contributed by atoms with Crippen LogP contribution in [0.1, 0.15) is 20.3 Å². The SMILES string of the molecule is CCOC(=O)C(C)CC=O. The van der Waals surface area contributed by atoms with Crippen molar-refractivity contribution >= 4 is 12.3 Å². The van der Waals surface area contributed by atoms with E-state index in [0.29, 0.717) is 6.61 Å². The molecule has 0 aliphatic rings. The minimum atomic E-state index is -0.297. The van der Waals surface area contributed by atoms with Gasteiger partial charge in [0.25, 0.3) is 0 Å². The van der Waals surface area contributed by atoms with E-state index in [0.717, 1.165) is 6.29 Å². The first-order valence-corrected chi connectivity index (χ1v) is 3.32. The molecule has 0 N–H and O–H groups in total. The maximum atomic E-state index is 10.8. The third-order valence-electron chi connectivity index (χ3n) is 1.14. The van der Waals surface area contributed by atoms with Crippen LogP contribution in [0.3, 0.4) is 0 Å². The van der Waals surface area contributed by atoms with Gasteiger partial charge in [-0.2, -0.15) is 0 Å². The Morgan fingerprint density at radius 1 is 1.70 bits per heavy atom. The van der Waals surface area contributed by atoms with E-state index < -0.39 is 0 Å². The Kier molecular flexibility index (Phi) is 4.54. The van der Waals surface area contributed by atoms with Crippen LogP contribution in [0.5, 0.6) is 0 Å². The lowest BCUT2D eigenvalue weighted by Gasteiger charge is -2.05. The summed E-state index contributed by atoms with van der Waals surface area (Å²) in [4.78, 5) is 20.7. The van der Waals surface area contributed by atoms with Crippen molar-refractivity contribution in [2.24, 2.45) is 5.92 Å². The van der Waals surface area contributed by atoms with Crippen LogP contribution in [0.15, 0.2) is 0 Å². The quantitative estimate of drug-likeness (QED) is 0.432. The first-order chi connectivity index (χ1) is 4.72. The Morgan fingerprint density at radius 2 is 2.30 bits per heavy atom. The molecule has 0 spiro atoms. The third-order valence-corrected chi connectivity index (χ3v) is 1.14. The lowest BCUT2D eigenvalue weighted by atomic mass is 10.1. The van der Waals surface area contributed by atoms with E-state index in [1.165, 1.54) is 0 Å². The normalized spacial score (nSPS) is 12.2. The second kappa shape index (κ2) is 4.97. The van der Waals surface area contributed by atoms with Crippen LogP contribution < -0.4 is 0 Å². The van der Waals surface area contributed by atoms with Crippen LogP contribution in [-0.2, 0) is 14.3 Å². The van der Waals surface area contributed by atoms with Crippen molar-refractivity contribution in [2.45, 2.75) is 20.3 Å². The van der Waals surface area contributed by atoms with Crippen molar-refractivity contribution in [1.82, 2.24) is 0 Å². The predicted molar refractivity (Wildman–Crippen MR) is 36.5 cm³/mol. The minimum absolute atomic E-state index is 0.249. The van der Waals surface area contributed by atoms with Crippen LogP contribution in [-0.4, -0.2) is 18.9 Å². The standard InChI is InChI=1S/C7H12O3/c1-3-10-7(9)6(2)4-5-8/h5-6H,3-4H2,1-2H3. The molecule has 0 saturated heterocycles. The van der Waals surface area contributed by atoms with Gasteiger partial charge in [0.1, 0.15) is 6.29 Å². The topological polar surface area (TPSA) is 43.4 Å². The van der Waals surface area contributed by atoms with Gasteiger partial charge in [-0.15, -0.1) is 0 Å². The van der Waals surface area contributed by atoms with E-state index in [1.54, 1.807) is 13.8 Å². The van der Waals surface area contributed by atoms with Crippen LogP contribution in [0.4, 0.5) is 0 Å². The monoisotopic (exact) mass is 144 g/mol. The summed E-state index contributed by atoms with van der Waals surface area (Å²) in [6, 6.07) is 0. The van der Waals surface area contributed by atoms with Gasteiger partial charge in [0.2, 0.25) is 0 Å². The van der Waals surface area contributed by atoms with Gasteiger partial charge in [-0.05, 0) is 6.92 Å². The fourth-order valence-electron chi connectivity index (χ4n) is 0.525. The van der Waals surface area contributed by atoms with Crippen molar-refractivity contribution in [3.8, 4) is 0 Å². The van der Waals surface area contributed by atoms with Crippen molar-refractivity contribution in [2.75, 3.05) is 6.61 Å². The van der Waals surface area contributed by atoms with E-state index in [-0.39, 0.29) is 18.3 Å². The van der Waals surface area contributed by atoms with Gasteiger partial charge in [-0.1, -0.05) is 6.92 Å². The minimum Gasteiger partial charge on any atom is -0.466 e. The molecule has 0 radical (unpaired) electrons. The predicted octanol–water partition coefficient (Wildman–Crippen LogP) is 0.775. The zero-order chi connectivity index (χ0) is 7.98. The molecular weight excluding hydrogens is 132 g/mol. The van der Waals surface area contributed by atoms with Gasteiger partial charge in [0.05, 0.1) is 12.5 Å². The van der Waals surface area contributed by atoms with Gasteiger partial charge in [-0.25, -0.2) is 0 Å². The highest BCUT2D eigenvalue weighted by molar-refractivity contribution is 5.74. The van der Waals surface area contributed by atoms with Crippen LogP contribution in [0.2, 0.25) is 0 Å². The van der Waals surface area contributed by atoms with Crippen molar-refractivity contribution < 1.29 is 14.3 Å².